The Labute approximate surface area is 177 Å². The van der Waals surface area contributed by atoms with Gasteiger partial charge in [-0.05, 0) is 49.6 Å². The molecule has 11 heteroatoms. The highest BCUT2D eigenvalue weighted by atomic mass is 32.2. The molecule has 0 unspecified atom stereocenters. The van der Waals surface area contributed by atoms with E-state index in [4.69, 9.17) is 4.74 Å². The van der Waals surface area contributed by atoms with E-state index < -0.39 is 33.9 Å². The summed E-state index contributed by atoms with van der Waals surface area (Å²) in [6.45, 7) is 2.47. The van der Waals surface area contributed by atoms with Crippen molar-refractivity contribution in [1.29, 1.82) is 0 Å². The highest BCUT2D eigenvalue weighted by Crippen LogP contribution is 2.34. The first-order valence-electron chi connectivity index (χ1n) is 9.47. The largest absolute Gasteiger partial charge is 0.490 e. The Morgan fingerprint density at radius 1 is 1.23 bits per heavy atom. The maximum atomic E-state index is 12.8. The molecule has 0 radical (unpaired) electrons. The Bertz CT molecular complexity index is 1270. The highest BCUT2D eigenvalue weighted by molar-refractivity contribution is 7.90. The number of nitrogens with zero attached hydrogens (tertiary/aromatic N) is 2. The zero-order chi connectivity index (χ0) is 22.9. The quantitative estimate of drug-likeness (QED) is 0.560. The molecule has 0 amide bonds. The third-order valence-corrected chi connectivity index (χ3v) is 5.81. The van der Waals surface area contributed by atoms with Crippen molar-refractivity contribution in [3.05, 3.63) is 51.6 Å². The number of hydrogen-bond donors (Lipinski definition) is 1. The lowest BCUT2D eigenvalue weighted by molar-refractivity contribution is -0.0514. The molecule has 1 N–H and O–H groups in total. The van der Waals surface area contributed by atoms with Crippen LogP contribution in [0.5, 0.6) is 11.5 Å². The number of fused-ring (bicyclic) bond motifs is 1. The molecule has 3 rings (SSSR count). The van der Waals surface area contributed by atoms with Crippen LogP contribution in [0.25, 0.3) is 11.2 Å². The number of alkyl halides is 2. The summed E-state index contributed by atoms with van der Waals surface area (Å²) in [4.78, 5) is 19.9. The number of ether oxygens (including phenoxy) is 2. The Kier molecular flexibility index (Phi) is 6.35. The molecule has 2 heterocycles. The van der Waals surface area contributed by atoms with Crippen molar-refractivity contribution in [2.24, 2.45) is 0 Å². The van der Waals surface area contributed by atoms with Gasteiger partial charge in [0.05, 0.1) is 23.9 Å². The van der Waals surface area contributed by atoms with Crippen LogP contribution >= 0.6 is 0 Å². The first-order chi connectivity index (χ1) is 14.5. The number of rotatable bonds is 8. The summed E-state index contributed by atoms with van der Waals surface area (Å²) in [5.74, 6) is -0.573. The van der Waals surface area contributed by atoms with E-state index in [0.29, 0.717) is 16.7 Å². The number of imidazole rings is 1. The summed E-state index contributed by atoms with van der Waals surface area (Å²) < 4.78 is 61.0. The number of aryl methyl sites for hydroxylation is 2. The number of aromatic amines is 1. The number of aromatic nitrogens is 3. The predicted octanol–water partition coefficient (Wildman–Crippen LogP) is 2.98. The van der Waals surface area contributed by atoms with Crippen LogP contribution in [0.4, 0.5) is 8.78 Å². The molecule has 0 aliphatic rings. The molecule has 168 valence electrons. The van der Waals surface area contributed by atoms with E-state index in [0.717, 1.165) is 17.4 Å². The number of H-pyrrole nitrogens is 1. The molecule has 1 atom stereocenters. The van der Waals surface area contributed by atoms with Gasteiger partial charge in [0.2, 0.25) is 0 Å². The van der Waals surface area contributed by atoms with E-state index in [1.54, 1.807) is 13.1 Å². The lowest BCUT2D eigenvalue weighted by atomic mass is 10.1. The van der Waals surface area contributed by atoms with Crippen molar-refractivity contribution in [3.63, 3.8) is 0 Å². The number of halogens is 2. The van der Waals surface area contributed by atoms with Crippen LogP contribution in [-0.2, 0) is 9.84 Å². The number of nitrogens with one attached hydrogen (secondary N) is 1. The van der Waals surface area contributed by atoms with E-state index in [9.17, 15) is 22.0 Å². The summed E-state index contributed by atoms with van der Waals surface area (Å²) in [7, 11) is -3.55. The third-order valence-electron chi connectivity index (χ3n) is 4.89. The minimum absolute atomic E-state index is 0.0201. The number of benzene rings is 1. The van der Waals surface area contributed by atoms with Crippen molar-refractivity contribution in [1.82, 2.24) is 14.5 Å². The van der Waals surface area contributed by atoms with Gasteiger partial charge in [0.15, 0.2) is 17.1 Å². The molecule has 0 saturated carbocycles. The second kappa shape index (κ2) is 8.66. The van der Waals surface area contributed by atoms with Crippen LogP contribution in [0.2, 0.25) is 0 Å². The van der Waals surface area contributed by atoms with E-state index in [1.807, 2.05) is 13.8 Å². The monoisotopic (exact) mass is 455 g/mol. The summed E-state index contributed by atoms with van der Waals surface area (Å²) >= 11 is 0. The lowest BCUT2D eigenvalue weighted by Crippen LogP contribution is -2.28. The number of pyridine rings is 1. The summed E-state index contributed by atoms with van der Waals surface area (Å²) in [5.41, 5.74) is 2.33. The molecule has 0 spiro atoms. The molecular formula is C20H23F2N3O5S. The molecule has 0 fully saturated rings. The number of hydrogen-bond acceptors (Lipinski definition) is 6. The maximum absolute atomic E-state index is 12.8. The van der Waals surface area contributed by atoms with Crippen LogP contribution in [0.3, 0.4) is 0 Å². The molecule has 8 nitrogen and oxygen atoms in total. The molecule has 0 bridgehead atoms. The molecule has 31 heavy (non-hydrogen) atoms. The van der Waals surface area contributed by atoms with Crippen LogP contribution in [0.1, 0.15) is 29.7 Å². The molecule has 0 aliphatic heterocycles. The summed E-state index contributed by atoms with van der Waals surface area (Å²) in [5, 5.41) is 0. The molecule has 2 aromatic heterocycles. The van der Waals surface area contributed by atoms with E-state index in [2.05, 4.69) is 14.7 Å². The van der Waals surface area contributed by atoms with Crippen LogP contribution in [-0.4, -0.2) is 48.2 Å². The minimum atomic E-state index is -3.55. The second-order valence-electron chi connectivity index (χ2n) is 7.19. The van der Waals surface area contributed by atoms with Gasteiger partial charge < -0.3 is 14.5 Å². The Morgan fingerprint density at radius 2 is 1.94 bits per heavy atom. The zero-order valence-corrected chi connectivity index (χ0v) is 18.3. The molecular weight excluding hydrogens is 432 g/mol. The van der Waals surface area contributed by atoms with Gasteiger partial charge in [-0.25, -0.2) is 18.2 Å². The predicted molar refractivity (Wildman–Crippen MR) is 112 cm³/mol. The molecule has 3 aromatic rings. The van der Waals surface area contributed by atoms with Crippen LogP contribution in [0, 0.1) is 13.8 Å². The summed E-state index contributed by atoms with van der Waals surface area (Å²) in [6, 6.07) is 3.14. The van der Waals surface area contributed by atoms with Gasteiger partial charge in [-0.3, -0.25) is 4.57 Å². The van der Waals surface area contributed by atoms with Gasteiger partial charge in [-0.1, -0.05) is 6.07 Å². The SMILES string of the molecule is CCOc1cc([C@H](CS(C)(=O)=O)n2c(=O)[nH]c3c(C)c(C)cnc32)ccc1OC(F)F. The van der Waals surface area contributed by atoms with Crippen LogP contribution in [0.15, 0.2) is 29.2 Å². The molecule has 0 aliphatic carbocycles. The molecule has 0 saturated heterocycles. The van der Waals surface area contributed by atoms with Crippen molar-refractivity contribution in [3.8, 4) is 11.5 Å². The lowest BCUT2D eigenvalue weighted by Gasteiger charge is -2.20. The average Bonchev–Trinajstić information content (AvgIpc) is 3.00. The maximum Gasteiger partial charge on any atom is 0.387 e. The first-order valence-corrected chi connectivity index (χ1v) is 11.5. The van der Waals surface area contributed by atoms with Crippen molar-refractivity contribution < 1.29 is 26.7 Å². The zero-order valence-electron chi connectivity index (χ0n) is 17.5. The Balaban J connectivity index is 2.23. The average molecular weight is 455 g/mol. The Morgan fingerprint density at radius 3 is 2.55 bits per heavy atom. The Hall–Kier alpha value is -2.95. The fourth-order valence-corrected chi connectivity index (χ4v) is 4.28. The minimum Gasteiger partial charge on any atom is -0.490 e. The van der Waals surface area contributed by atoms with Gasteiger partial charge in [0.1, 0.15) is 9.84 Å². The number of sulfone groups is 1. The normalized spacial score (nSPS) is 13.0. The fourth-order valence-electron chi connectivity index (χ4n) is 3.37. The van der Waals surface area contributed by atoms with Gasteiger partial charge in [0.25, 0.3) is 0 Å². The smallest absolute Gasteiger partial charge is 0.387 e. The van der Waals surface area contributed by atoms with E-state index in [-0.39, 0.29) is 18.1 Å². The third kappa shape index (κ3) is 4.87. The topological polar surface area (TPSA) is 103 Å². The second-order valence-corrected chi connectivity index (χ2v) is 9.38. The van der Waals surface area contributed by atoms with Crippen molar-refractivity contribution in [2.45, 2.75) is 33.4 Å². The van der Waals surface area contributed by atoms with E-state index in [1.165, 1.54) is 22.8 Å². The van der Waals surface area contributed by atoms with Gasteiger partial charge in [0, 0.05) is 12.5 Å². The van der Waals surface area contributed by atoms with E-state index >= 15 is 0 Å². The fraction of sp³-hybridized carbons (Fsp3) is 0.400. The first kappa shape index (κ1) is 22.7. The van der Waals surface area contributed by atoms with Crippen molar-refractivity contribution in [2.75, 3.05) is 18.6 Å². The van der Waals surface area contributed by atoms with Crippen LogP contribution < -0.4 is 15.2 Å². The molecule has 1 aromatic carbocycles. The van der Waals surface area contributed by atoms with Gasteiger partial charge >= 0.3 is 12.3 Å². The van der Waals surface area contributed by atoms with Gasteiger partial charge in [-0.2, -0.15) is 8.78 Å². The summed E-state index contributed by atoms with van der Waals surface area (Å²) in [6.07, 6.45) is 2.66. The highest BCUT2D eigenvalue weighted by Gasteiger charge is 2.26. The van der Waals surface area contributed by atoms with Crippen molar-refractivity contribution >= 4 is 21.0 Å². The standard InChI is InChI=1S/C20H23F2N3O5S/c1-5-29-16-8-13(6-7-15(16)30-19(21)22)14(10-31(4,27)28)25-18-17(24-20(25)26)12(3)11(2)9-23-18/h6-9,14,19H,5,10H2,1-4H3,(H,24,26)/t14-/m0/s1. The van der Waals surface area contributed by atoms with Gasteiger partial charge in [-0.15, -0.1) is 0 Å².